The van der Waals surface area contributed by atoms with Gasteiger partial charge in [-0.15, -0.1) is 0 Å². The van der Waals surface area contributed by atoms with Crippen molar-refractivity contribution in [2.24, 2.45) is 5.73 Å². The van der Waals surface area contributed by atoms with Crippen LogP contribution in [0.4, 0.5) is 0 Å². The summed E-state index contributed by atoms with van der Waals surface area (Å²) in [7, 11) is 0. The number of hydrogen-bond donors (Lipinski definition) is 2. The predicted octanol–water partition coefficient (Wildman–Crippen LogP) is 1.38. The normalized spacial score (nSPS) is 13.4. The summed E-state index contributed by atoms with van der Waals surface area (Å²) in [6.45, 7) is 4.18. The Bertz CT molecular complexity index is 217. The van der Waals surface area contributed by atoms with Crippen LogP contribution in [0.25, 0.3) is 0 Å². The molecule has 0 aliphatic carbocycles. The summed E-state index contributed by atoms with van der Waals surface area (Å²) in [5.74, 6) is 0. The minimum atomic E-state index is 0.142. The van der Waals surface area contributed by atoms with E-state index in [1.165, 1.54) is 5.69 Å². The van der Waals surface area contributed by atoms with E-state index in [0.29, 0.717) is 0 Å². The molecule has 1 aromatic rings. The number of hydrogen-bond acceptors (Lipinski definition) is 2. The molecule has 0 bridgehead atoms. The molecule has 0 radical (unpaired) electrons. The largest absolute Gasteiger partial charge is 0.324 e. The molecule has 0 saturated carbocycles. The summed E-state index contributed by atoms with van der Waals surface area (Å²) >= 11 is 0. The summed E-state index contributed by atoms with van der Waals surface area (Å²) in [4.78, 5) is 0. The van der Waals surface area contributed by atoms with Crippen molar-refractivity contribution >= 4 is 0 Å². The summed E-state index contributed by atoms with van der Waals surface area (Å²) in [6.07, 6.45) is 3.77. The lowest BCUT2D eigenvalue weighted by Gasteiger charge is -2.06. The van der Waals surface area contributed by atoms with Crippen molar-refractivity contribution < 1.29 is 0 Å². The first kappa shape index (κ1) is 8.27. The van der Waals surface area contributed by atoms with Crippen molar-refractivity contribution in [3.63, 3.8) is 0 Å². The third-order valence-corrected chi connectivity index (χ3v) is 1.94. The van der Waals surface area contributed by atoms with Crippen LogP contribution in [-0.4, -0.2) is 10.2 Å². The van der Waals surface area contributed by atoms with Gasteiger partial charge in [-0.05, 0) is 12.8 Å². The van der Waals surface area contributed by atoms with Crippen LogP contribution in [-0.2, 0) is 6.42 Å². The summed E-state index contributed by atoms with van der Waals surface area (Å²) in [5.41, 5.74) is 8.18. The quantitative estimate of drug-likeness (QED) is 0.689. The molecular weight excluding hydrogens is 138 g/mol. The maximum Gasteiger partial charge on any atom is 0.0537 e. The molecule has 62 valence electrons. The molecular formula is C8H15N3. The highest BCUT2D eigenvalue weighted by Crippen LogP contribution is 2.16. The third-order valence-electron chi connectivity index (χ3n) is 1.94. The van der Waals surface area contributed by atoms with Gasteiger partial charge >= 0.3 is 0 Å². The molecule has 1 rings (SSSR count). The molecule has 3 nitrogen and oxygen atoms in total. The predicted molar refractivity (Wildman–Crippen MR) is 45.2 cm³/mol. The second-order valence-electron chi connectivity index (χ2n) is 2.67. The van der Waals surface area contributed by atoms with Crippen LogP contribution in [0.5, 0.6) is 0 Å². The van der Waals surface area contributed by atoms with Gasteiger partial charge in [0, 0.05) is 17.3 Å². The first-order chi connectivity index (χ1) is 5.29. The fourth-order valence-electron chi connectivity index (χ4n) is 1.14. The van der Waals surface area contributed by atoms with Crippen LogP contribution in [0, 0.1) is 0 Å². The lowest BCUT2D eigenvalue weighted by atomic mass is 10.1. The Morgan fingerprint density at radius 1 is 1.64 bits per heavy atom. The van der Waals surface area contributed by atoms with Gasteiger partial charge in [-0.25, -0.2) is 0 Å². The molecule has 0 spiro atoms. The summed E-state index contributed by atoms with van der Waals surface area (Å²) in [6, 6.07) is 0.142. The Morgan fingerprint density at radius 2 is 2.36 bits per heavy atom. The fraction of sp³-hybridized carbons (Fsp3) is 0.625. The van der Waals surface area contributed by atoms with Gasteiger partial charge in [-0.1, -0.05) is 13.8 Å². The lowest BCUT2D eigenvalue weighted by Crippen LogP contribution is -2.09. The molecule has 0 aliphatic heterocycles. The van der Waals surface area contributed by atoms with Gasteiger partial charge in [-0.2, -0.15) is 5.10 Å². The van der Waals surface area contributed by atoms with E-state index >= 15 is 0 Å². The van der Waals surface area contributed by atoms with Crippen LogP contribution in [0.2, 0.25) is 0 Å². The average Bonchev–Trinajstić information content (AvgIpc) is 2.50. The summed E-state index contributed by atoms with van der Waals surface area (Å²) < 4.78 is 0. The van der Waals surface area contributed by atoms with Gasteiger partial charge in [0.1, 0.15) is 0 Å². The number of aryl methyl sites for hydroxylation is 1. The molecule has 1 unspecified atom stereocenters. The maximum absolute atomic E-state index is 5.86. The first-order valence-corrected chi connectivity index (χ1v) is 4.07. The smallest absolute Gasteiger partial charge is 0.0537 e. The highest BCUT2D eigenvalue weighted by atomic mass is 15.1. The Kier molecular flexibility index (Phi) is 2.65. The minimum absolute atomic E-state index is 0.142. The highest BCUT2D eigenvalue weighted by molar-refractivity contribution is 5.19. The van der Waals surface area contributed by atoms with Crippen molar-refractivity contribution in [1.82, 2.24) is 10.2 Å². The second-order valence-corrected chi connectivity index (χ2v) is 2.67. The van der Waals surface area contributed by atoms with E-state index in [1.807, 2.05) is 6.20 Å². The molecule has 0 amide bonds. The molecule has 0 aromatic carbocycles. The molecule has 1 heterocycles. The Labute approximate surface area is 67.0 Å². The van der Waals surface area contributed by atoms with Gasteiger partial charge in [0.2, 0.25) is 0 Å². The number of aromatic amines is 1. The number of H-pyrrole nitrogens is 1. The van der Waals surface area contributed by atoms with E-state index in [9.17, 15) is 0 Å². The van der Waals surface area contributed by atoms with Crippen LogP contribution < -0.4 is 5.73 Å². The Balaban J connectivity index is 2.83. The van der Waals surface area contributed by atoms with Crippen molar-refractivity contribution in [1.29, 1.82) is 0 Å². The van der Waals surface area contributed by atoms with Gasteiger partial charge in [0.05, 0.1) is 6.20 Å². The average molecular weight is 153 g/mol. The lowest BCUT2D eigenvalue weighted by molar-refractivity contribution is 0.690. The van der Waals surface area contributed by atoms with Gasteiger partial charge in [-0.3, -0.25) is 5.10 Å². The molecule has 0 aliphatic rings. The third kappa shape index (κ3) is 1.60. The first-order valence-electron chi connectivity index (χ1n) is 4.07. The maximum atomic E-state index is 5.86. The SMILES string of the molecule is CCc1[nH]ncc1C(N)CC. The zero-order chi connectivity index (χ0) is 8.27. The van der Waals surface area contributed by atoms with Crippen molar-refractivity contribution in [3.05, 3.63) is 17.5 Å². The Morgan fingerprint density at radius 3 is 2.91 bits per heavy atom. The molecule has 11 heavy (non-hydrogen) atoms. The molecule has 0 saturated heterocycles. The molecule has 3 N–H and O–H groups in total. The highest BCUT2D eigenvalue weighted by Gasteiger charge is 2.08. The van der Waals surface area contributed by atoms with Crippen molar-refractivity contribution in [2.45, 2.75) is 32.7 Å². The standard InChI is InChI=1S/C8H15N3/c1-3-7(9)6-5-10-11-8(6)4-2/h5,7H,3-4,9H2,1-2H3,(H,10,11). The zero-order valence-corrected chi connectivity index (χ0v) is 7.09. The number of aromatic nitrogens is 2. The van der Waals surface area contributed by atoms with Crippen LogP contribution in [0.1, 0.15) is 37.6 Å². The van der Waals surface area contributed by atoms with E-state index in [0.717, 1.165) is 18.4 Å². The molecule has 1 atom stereocenters. The molecule has 1 aromatic heterocycles. The monoisotopic (exact) mass is 153 g/mol. The van der Waals surface area contributed by atoms with E-state index < -0.39 is 0 Å². The van der Waals surface area contributed by atoms with Crippen molar-refractivity contribution in [3.8, 4) is 0 Å². The summed E-state index contributed by atoms with van der Waals surface area (Å²) in [5, 5.41) is 6.90. The second kappa shape index (κ2) is 3.53. The molecule has 3 heteroatoms. The minimum Gasteiger partial charge on any atom is -0.324 e. The molecule has 0 fully saturated rings. The van der Waals surface area contributed by atoms with Gasteiger partial charge in [0.25, 0.3) is 0 Å². The number of nitrogens with two attached hydrogens (primary N) is 1. The van der Waals surface area contributed by atoms with Crippen LogP contribution in [0.3, 0.4) is 0 Å². The van der Waals surface area contributed by atoms with E-state index in [-0.39, 0.29) is 6.04 Å². The van der Waals surface area contributed by atoms with Gasteiger partial charge < -0.3 is 5.73 Å². The van der Waals surface area contributed by atoms with E-state index in [2.05, 4.69) is 24.0 Å². The number of nitrogens with one attached hydrogen (secondary N) is 1. The number of nitrogens with zero attached hydrogens (tertiary/aromatic N) is 1. The van der Waals surface area contributed by atoms with E-state index in [1.54, 1.807) is 0 Å². The van der Waals surface area contributed by atoms with Crippen LogP contribution >= 0.6 is 0 Å². The zero-order valence-electron chi connectivity index (χ0n) is 7.09. The Hall–Kier alpha value is -0.830. The number of rotatable bonds is 3. The van der Waals surface area contributed by atoms with Crippen LogP contribution in [0.15, 0.2) is 6.20 Å². The fourth-order valence-corrected chi connectivity index (χ4v) is 1.14. The van der Waals surface area contributed by atoms with Gasteiger partial charge in [0.15, 0.2) is 0 Å². The topological polar surface area (TPSA) is 54.7 Å². The van der Waals surface area contributed by atoms with Crippen molar-refractivity contribution in [2.75, 3.05) is 0 Å². The van der Waals surface area contributed by atoms with E-state index in [4.69, 9.17) is 5.73 Å².